The first-order chi connectivity index (χ1) is 6.45. The zero-order valence-corrected chi connectivity index (χ0v) is 8.57. The van der Waals surface area contributed by atoms with Crippen LogP contribution < -0.4 is 5.32 Å². The summed E-state index contributed by atoms with van der Waals surface area (Å²) in [6.07, 6.45) is 0. The van der Waals surface area contributed by atoms with Crippen molar-refractivity contribution in [2.75, 3.05) is 0 Å². The SMILES string of the molecule is c1nc(CNCc2cscn2)cs1. The molecule has 0 aliphatic carbocycles. The van der Waals surface area contributed by atoms with Crippen LogP contribution in [0.4, 0.5) is 0 Å². The molecule has 13 heavy (non-hydrogen) atoms. The molecular weight excluding hydrogens is 202 g/mol. The molecule has 2 aromatic rings. The highest BCUT2D eigenvalue weighted by Gasteiger charge is 1.96. The van der Waals surface area contributed by atoms with Gasteiger partial charge in [0.05, 0.1) is 22.4 Å². The number of nitrogens with one attached hydrogen (secondary N) is 1. The Morgan fingerprint density at radius 1 is 1.00 bits per heavy atom. The van der Waals surface area contributed by atoms with Crippen LogP contribution in [-0.4, -0.2) is 9.97 Å². The number of rotatable bonds is 4. The van der Waals surface area contributed by atoms with Gasteiger partial charge >= 0.3 is 0 Å². The Morgan fingerprint density at radius 3 is 1.92 bits per heavy atom. The van der Waals surface area contributed by atoms with Gasteiger partial charge in [0.25, 0.3) is 0 Å². The summed E-state index contributed by atoms with van der Waals surface area (Å²) in [6.45, 7) is 1.64. The molecule has 0 saturated heterocycles. The summed E-state index contributed by atoms with van der Waals surface area (Å²) < 4.78 is 0. The fourth-order valence-corrected chi connectivity index (χ4v) is 2.09. The molecule has 3 nitrogen and oxygen atoms in total. The maximum Gasteiger partial charge on any atom is 0.0795 e. The van der Waals surface area contributed by atoms with Crippen LogP contribution in [0.3, 0.4) is 0 Å². The minimum Gasteiger partial charge on any atom is -0.305 e. The summed E-state index contributed by atoms with van der Waals surface area (Å²) in [5, 5.41) is 7.38. The molecule has 5 heteroatoms. The molecule has 2 aromatic heterocycles. The van der Waals surface area contributed by atoms with Gasteiger partial charge in [-0.05, 0) is 0 Å². The monoisotopic (exact) mass is 211 g/mol. The van der Waals surface area contributed by atoms with E-state index in [4.69, 9.17) is 0 Å². The molecule has 68 valence electrons. The predicted octanol–water partition coefficient (Wildman–Crippen LogP) is 1.89. The highest BCUT2D eigenvalue weighted by molar-refractivity contribution is 7.07. The quantitative estimate of drug-likeness (QED) is 0.839. The van der Waals surface area contributed by atoms with Crippen molar-refractivity contribution in [3.05, 3.63) is 33.2 Å². The average Bonchev–Trinajstić information content (AvgIpc) is 2.75. The fourth-order valence-electron chi connectivity index (χ4n) is 0.968. The third-order valence-corrected chi connectivity index (χ3v) is 2.85. The van der Waals surface area contributed by atoms with E-state index in [-0.39, 0.29) is 0 Å². The number of aromatic nitrogens is 2. The van der Waals surface area contributed by atoms with E-state index in [9.17, 15) is 0 Å². The highest BCUT2D eigenvalue weighted by Crippen LogP contribution is 2.02. The summed E-state index contributed by atoms with van der Waals surface area (Å²) in [6, 6.07) is 0. The molecule has 0 fully saturated rings. The average molecular weight is 211 g/mol. The largest absolute Gasteiger partial charge is 0.305 e. The third kappa shape index (κ3) is 2.58. The zero-order valence-electron chi connectivity index (χ0n) is 6.93. The van der Waals surface area contributed by atoms with Gasteiger partial charge in [-0.25, -0.2) is 9.97 Å². The van der Waals surface area contributed by atoms with E-state index >= 15 is 0 Å². The molecule has 0 unspecified atom stereocenters. The van der Waals surface area contributed by atoms with Crippen LogP contribution in [0.15, 0.2) is 21.8 Å². The Bertz CT molecular complexity index is 294. The van der Waals surface area contributed by atoms with Gasteiger partial charge in [-0.1, -0.05) is 0 Å². The van der Waals surface area contributed by atoms with E-state index in [1.54, 1.807) is 22.7 Å². The van der Waals surface area contributed by atoms with Gasteiger partial charge in [0.15, 0.2) is 0 Å². The van der Waals surface area contributed by atoms with Crippen LogP contribution in [0, 0.1) is 0 Å². The summed E-state index contributed by atoms with van der Waals surface area (Å²) >= 11 is 3.25. The van der Waals surface area contributed by atoms with Crippen LogP contribution >= 0.6 is 22.7 Å². The van der Waals surface area contributed by atoms with Gasteiger partial charge in [-0.3, -0.25) is 0 Å². The Hall–Kier alpha value is -0.780. The third-order valence-electron chi connectivity index (χ3n) is 1.58. The first-order valence-corrected chi connectivity index (χ1v) is 5.78. The first-order valence-electron chi connectivity index (χ1n) is 3.90. The molecule has 2 rings (SSSR count). The summed E-state index contributed by atoms with van der Waals surface area (Å²) in [4.78, 5) is 8.35. The van der Waals surface area contributed by atoms with E-state index in [1.165, 1.54) is 0 Å². The highest BCUT2D eigenvalue weighted by atomic mass is 32.1. The van der Waals surface area contributed by atoms with Crippen molar-refractivity contribution in [3.63, 3.8) is 0 Å². The van der Waals surface area contributed by atoms with Gasteiger partial charge in [-0.15, -0.1) is 22.7 Å². The fraction of sp³-hybridized carbons (Fsp3) is 0.250. The molecule has 0 aliphatic heterocycles. The normalized spacial score (nSPS) is 10.5. The Morgan fingerprint density at radius 2 is 1.54 bits per heavy atom. The van der Waals surface area contributed by atoms with Crippen LogP contribution in [0.5, 0.6) is 0 Å². The van der Waals surface area contributed by atoms with Crippen molar-refractivity contribution in [1.82, 2.24) is 15.3 Å². The van der Waals surface area contributed by atoms with Gasteiger partial charge in [0.2, 0.25) is 0 Å². The molecule has 1 N–H and O–H groups in total. The molecule has 0 radical (unpaired) electrons. The molecule has 0 amide bonds. The maximum absolute atomic E-state index is 4.17. The van der Waals surface area contributed by atoms with Gasteiger partial charge < -0.3 is 5.32 Å². The zero-order chi connectivity index (χ0) is 8.93. The van der Waals surface area contributed by atoms with E-state index in [1.807, 2.05) is 21.8 Å². The Balaban J connectivity index is 1.76. The smallest absolute Gasteiger partial charge is 0.0795 e. The molecular formula is C8H9N3S2. The molecule has 0 saturated carbocycles. The number of nitrogens with zero attached hydrogens (tertiary/aromatic N) is 2. The van der Waals surface area contributed by atoms with E-state index in [2.05, 4.69) is 15.3 Å². The topological polar surface area (TPSA) is 37.8 Å². The summed E-state index contributed by atoms with van der Waals surface area (Å²) in [5.41, 5.74) is 5.89. The van der Waals surface area contributed by atoms with Crippen molar-refractivity contribution in [2.24, 2.45) is 0 Å². The molecule has 0 spiro atoms. The van der Waals surface area contributed by atoms with Gasteiger partial charge in [0.1, 0.15) is 0 Å². The van der Waals surface area contributed by atoms with Crippen LogP contribution in [0.2, 0.25) is 0 Å². The van der Waals surface area contributed by atoms with E-state index in [0.29, 0.717) is 0 Å². The molecule has 0 atom stereocenters. The van der Waals surface area contributed by atoms with Crippen LogP contribution in [-0.2, 0) is 13.1 Å². The number of hydrogen-bond acceptors (Lipinski definition) is 5. The van der Waals surface area contributed by atoms with Gasteiger partial charge in [0, 0.05) is 23.8 Å². The Kier molecular flexibility index (Phi) is 3.02. The predicted molar refractivity (Wildman–Crippen MR) is 54.8 cm³/mol. The second-order valence-corrected chi connectivity index (χ2v) is 4.00. The van der Waals surface area contributed by atoms with Crippen molar-refractivity contribution in [3.8, 4) is 0 Å². The van der Waals surface area contributed by atoms with Crippen LogP contribution in [0.25, 0.3) is 0 Å². The molecule has 2 heterocycles. The first kappa shape index (κ1) is 8.80. The number of hydrogen-bond donors (Lipinski definition) is 1. The van der Waals surface area contributed by atoms with Crippen LogP contribution in [0.1, 0.15) is 11.4 Å². The molecule has 0 bridgehead atoms. The summed E-state index contributed by atoms with van der Waals surface area (Å²) in [7, 11) is 0. The minimum absolute atomic E-state index is 0.820. The number of thiazole rings is 2. The van der Waals surface area contributed by atoms with E-state index < -0.39 is 0 Å². The lowest BCUT2D eigenvalue weighted by molar-refractivity contribution is 0.673. The lowest BCUT2D eigenvalue weighted by Crippen LogP contribution is -2.12. The second kappa shape index (κ2) is 4.45. The second-order valence-electron chi connectivity index (χ2n) is 2.56. The minimum atomic E-state index is 0.820. The lowest BCUT2D eigenvalue weighted by Gasteiger charge is -1.98. The summed E-state index contributed by atoms with van der Waals surface area (Å²) in [5.74, 6) is 0. The van der Waals surface area contributed by atoms with E-state index in [0.717, 1.165) is 24.5 Å². The van der Waals surface area contributed by atoms with Crippen molar-refractivity contribution < 1.29 is 0 Å². The molecule has 0 aliphatic rings. The van der Waals surface area contributed by atoms with Crippen molar-refractivity contribution in [1.29, 1.82) is 0 Å². The maximum atomic E-state index is 4.17. The molecule has 0 aromatic carbocycles. The standard InChI is InChI=1S/C8H9N3S2/c1(7-3-12-5-10-7)9-2-8-4-13-6-11-8/h3-6,9H,1-2H2. The lowest BCUT2D eigenvalue weighted by atomic mass is 10.4. The van der Waals surface area contributed by atoms with Crippen molar-refractivity contribution >= 4 is 22.7 Å². The Labute approximate surface area is 84.5 Å². The van der Waals surface area contributed by atoms with Crippen molar-refractivity contribution in [2.45, 2.75) is 13.1 Å². The van der Waals surface area contributed by atoms with Gasteiger partial charge in [-0.2, -0.15) is 0 Å².